The molecule has 0 fully saturated rings. The maximum atomic E-state index is 13.4. The van der Waals surface area contributed by atoms with E-state index in [2.05, 4.69) is 0 Å². The Kier molecular flexibility index (Phi) is 5.88. The SMILES string of the molecule is CCN(CCCO)CC(=O)c1cc(F)ccc1F. The maximum absolute atomic E-state index is 13.4. The monoisotopic (exact) mass is 257 g/mol. The Morgan fingerprint density at radius 2 is 2.11 bits per heavy atom. The second-order valence-electron chi connectivity index (χ2n) is 3.99. The highest BCUT2D eigenvalue weighted by Crippen LogP contribution is 2.11. The van der Waals surface area contributed by atoms with Crippen molar-refractivity contribution >= 4 is 5.78 Å². The zero-order valence-corrected chi connectivity index (χ0v) is 10.3. The molecule has 0 saturated heterocycles. The number of carbonyl (C=O) groups is 1. The molecule has 0 aliphatic heterocycles. The summed E-state index contributed by atoms with van der Waals surface area (Å²) in [7, 11) is 0. The number of carbonyl (C=O) groups excluding carboxylic acids is 1. The Bertz CT molecular complexity index is 410. The van der Waals surface area contributed by atoms with Gasteiger partial charge in [0.05, 0.1) is 12.1 Å². The van der Waals surface area contributed by atoms with Crippen LogP contribution in [0, 0.1) is 11.6 Å². The molecule has 0 aromatic heterocycles. The molecule has 0 spiro atoms. The number of aliphatic hydroxyl groups excluding tert-OH is 1. The van der Waals surface area contributed by atoms with Gasteiger partial charge in [-0.15, -0.1) is 0 Å². The fourth-order valence-corrected chi connectivity index (χ4v) is 1.64. The van der Waals surface area contributed by atoms with Crippen molar-refractivity contribution in [1.29, 1.82) is 0 Å². The van der Waals surface area contributed by atoms with Crippen molar-refractivity contribution in [2.45, 2.75) is 13.3 Å². The summed E-state index contributed by atoms with van der Waals surface area (Å²) in [4.78, 5) is 13.6. The molecule has 3 nitrogen and oxygen atoms in total. The van der Waals surface area contributed by atoms with E-state index in [1.165, 1.54) is 0 Å². The average molecular weight is 257 g/mol. The highest BCUT2D eigenvalue weighted by Gasteiger charge is 2.15. The first-order valence-electron chi connectivity index (χ1n) is 5.90. The van der Waals surface area contributed by atoms with E-state index in [0.29, 0.717) is 19.5 Å². The molecule has 1 aromatic carbocycles. The number of ketones is 1. The first-order valence-corrected chi connectivity index (χ1v) is 5.90. The van der Waals surface area contributed by atoms with Crippen molar-refractivity contribution in [1.82, 2.24) is 4.90 Å². The molecule has 0 atom stereocenters. The minimum Gasteiger partial charge on any atom is -0.396 e. The van der Waals surface area contributed by atoms with Crippen LogP contribution in [0.25, 0.3) is 0 Å². The molecular weight excluding hydrogens is 240 g/mol. The molecule has 0 heterocycles. The molecular formula is C13H17F2NO2. The Hall–Kier alpha value is -1.33. The third-order valence-corrected chi connectivity index (χ3v) is 2.68. The standard InChI is InChI=1S/C13H17F2NO2/c1-2-16(6-3-7-17)9-13(18)11-8-10(14)4-5-12(11)15/h4-5,8,17H,2-3,6-7,9H2,1H3. The van der Waals surface area contributed by atoms with Gasteiger partial charge in [0.2, 0.25) is 0 Å². The number of hydrogen-bond donors (Lipinski definition) is 1. The van der Waals surface area contributed by atoms with E-state index >= 15 is 0 Å². The number of benzene rings is 1. The van der Waals surface area contributed by atoms with Crippen LogP contribution in [0.4, 0.5) is 8.78 Å². The largest absolute Gasteiger partial charge is 0.396 e. The predicted octanol–water partition coefficient (Wildman–Crippen LogP) is 1.85. The summed E-state index contributed by atoms with van der Waals surface area (Å²) >= 11 is 0. The van der Waals surface area contributed by atoms with Gasteiger partial charge in [0.1, 0.15) is 11.6 Å². The molecule has 0 radical (unpaired) electrons. The van der Waals surface area contributed by atoms with E-state index in [9.17, 15) is 13.6 Å². The minimum atomic E-state index is -0.709. The molecule has 0 aliphatic carbocycles. The van der Waals surface area contributed by atoms with Crippen LogP contribution in [0.5, 0.6) is 0 Å². The van der Waals surface area contributed by atoms with Gasteiger partial charge in [-0.05, 0) is 31.2 Å². The quantitative estimate of drug-likeness (QED) is 0.758. The van der Waals surface area contributed by atoms with E-state index < -0.39 is 17.4 Å². The average Bonchev–Trinajstić information content (AvgIpc) is 2.37. The summed E-state index contributed by atoms with van der Waals surface area (Å²) in [5.41, 5.74) is -0.225. The number of hydrogen-bond acceptors (Lipinski definition) is 3. The van der Waals surface area contributed by atoms with Crippen molar-refractivity contribution in [3.05, 3.63) is 35.4 Å². The number of nitrogens with zero attached hydrogens (tertiary/aromatic N) is 1. The minimum absolute atomic E-state index is 0.0247. The number of rotatable bonds is 7. The van der Waals surface area contributed by atoms with E-state index in [4.69, 9.17) is 5.11 Å². The fraction of sp³-hybridized carbons (Fsp3) is 0.462. The third kappa shape index (κ3) is 4.16. The van der Waals surface area contributed by atoms with Crippen molar-refractivity contribution in [3.8, 4) is 0 Å². The van der Waals surface area contributed by atoms with Gasteiger partial charge in [-0.1, -0.05) is 6.92 Å². The summed E-state index contributed by atoms with van der Waals surface area (Å²) in [5, 5.41) is 8.72. The van der Waals surface area contributed by atoms with Crippen LogP contribution in [0.3, 0.4) is 0 Å². The normalized spacial score (nSPS) is 10.9. The summed E-state index contributed by atoms with van der Waals surface area (Å²) in [6, 6.07) is 2.85. The van der Waals surface area contributed by atoms with Gasteiger partial charge in [-0.2, -0.15) is 0 Å². The second kappa shape index (κ2) is 7.18. The van der Waals surface area contributed by atoms with Crippen molar-refractivity contribution < 1.29 is 18.7 Å². The summed E-state index contributed by atoms with van der Waals surface area (Å²) < 4.78 is 26.3. The molecule has 1 rings (SSSR count). The van der Waals surface area contributed by atoms with E-state index in [0.717, 1.165) is 18.2 Å². The lowest BCUT2D eigenvalue weighted by molar-refractivity contribution is 0.0924. The topological polar surface area (TPSA) is 40.5 Å². The molecule has 0 unspecified atom stereocenters. The molecule has 5 heteroatoms. The van der Waals surface area contributed by atoms with Crippen LogP contribution in [0.1, 0.15) is 23.7 Å². The van der Waals surface area contributed by atoms with Gasteiger partial charge >= 0.3 is 0 Å². The lowest BCUT2D eigenvalue weighted by Crippen LogP contribution is -2.31. The predicted molar refractivity (Wildman–Crippen MR) is 64.5 cm³/mol. The molecule has 0 aliphatic rings. The molecule has 18 heavy (non-hydrogen) atoms. The van der Waals surface area contributed by atoms with E-state index in [-0.39, 0.29) is 18.7 Å². The molecule has 0 saturated carbocycles. The number of likely N-dealkylation sites (N-methyl/N-ethyl adjacent to an activating group) is 1. The van der Waals surface area contributed by atoms with E-state index in [1.807, 2.05) is 6.92 Å². The number of halogens is 2. The smallest absolute Gasteiger partial charge is 0.179 e. The Balaban J connectivity index is 2.71. The summed E-state index contributed by atoms with van der Waals surface area (Å²) in [5.74, 6) is -1.79. The molecule has 1 N–H and O–H groups in total. The van der Waals surface area contributed by atoms with Crippen LogP contribution < -0.4 is 0 Å². The zero-order valence-electron chi connectivity index (χ0n) is 10.3. The zero-order chi connectivity index (χ0) is 13.5. The fourth-order valence-electron chi connectivity index (χ4n) is 1.64. The highest BCUT2D eigenvalue weighted by molar-refractivity contribution is 5.97. The van der Waals surface area contributed by atoms with E-state index in [1.54, 1.807) is 4.90 Å². The van der Waals surface area contributed by atoms with Gasteiger partial charge in [-0.25, -0.2) is 8.78 Å². The van der Waals surface area contributed by atoms with Crippen LogP contribution in [-0.4, -0.2) is 42.0 Å². The summed E-state index contributed by atoms with van der Waals surface area (Å²) in [6.45, 7) is 3.10. The van der Waals surface area contributed by atoms with Crippen LogP contribution >= 0.6 is 0 Å². The van der Waals surface area contributed by atoms with Crippen molar-refractivity contribution in [2.24, 2.45) is 0 Å². The summed E-state index contributed by atoms with van der Waals surface area (Å²) in [6.07, 6.45) is 0.548. The highest BCUT2D eigenvalue weighted by atomic mass is 19.1. The van der Waals surface area contributed by atoms with Gasteiger partial charge in [0.15, 0.2) is 5.78 Å². The third-order valence-electron chi connectivity index (χ3n) is 2.68. The van der Waals surface area contributed by atoms with Crippen LogP contribution in [-0.2, 0) is 0 Å². The number of Topliss-reactive ketones (excluding diaryl/α,β-unsaturated/α-hetero) is 1. The molecule has 1 aromatic rings. The molecule has 0 bridgehead atoms. The van der Waals surface area contributed by atoms with Crippen molar-refractivity contribution in [3.63, 3.8) is 0 Å². The molecule has 0 amide bonds. The molecule has 100 valence electrons. The number of aliphatic hydroxyl groups is 1. The second-order valence-corrected chi connectivity index (χ2v) is 3.99. The van der Waals surface area contributed by atoms with Gasteiger partial charge in [0, 0.05) is 13.2 Å². The Morgan fingerprint density at radius 1 is 1.39 bits per heavy atom. The van der Waals surface area contributed by atoms with Crippen molar-refractivity contribution in [2.75, 3.05) is 26.2 Å². The van der Waals surface area contributed by atoms with Gasteiger partial charge in [0.25, 0.3) is 0 Å². The Labute approximate surface area is 105 Å². The first kappa shape index (κ1) is 14.7. The van der Waals surface area contributed by atoms with Gasteiger partial charge in [-0.3, -0.25) is 9.69 Å². The van der Waals surface area contributed by atoms with Crippen LogP contribution in [0.15, 0.2) is 18.2 Å². The Morgan fingerprint density at radius 3 is 2.72 bits per heavy atom. The maximum Gasteiger partial charge on any atom is 0.179 e. The first-order chi connectivity index (χ1) is 8.58. The van der Waals surface area contributed by atoms with Crippen LogP contribution in [0.2, 0.25) is 0 Å². The lowest BCUT2D eigenvalue weighted by atomic mass is 10.1. The van der Waals surface area contributed by atoms with Gasteiger partial charge < -0.3 is 5.11 Å². The lowest BCUT2D eigenvalue weighted by Gasteiger charge is -2.18.